The number of piperidine rings is 1. The zero-order valence-corrected chi connectivity index (χ0v) is 16.6. The smallest absolute Gasteiger partial charge is 0.407 e. The Morgan fingerprint density at radius 2 is 2.00 bits per heavy atom. The average Bonchev–Trinajstić information content (AvgIpc) is 3.05. The van der Waals surface area contributed by atoms with Crippen LogP contribution in [0.1, 0.15) is 53.4 Å². The van der Waals surface area contributed by atoms with Gasteiger partial charge < -0.3 is 24.4 Å². The third kappa shape index (κ3) is 6.76. The van der Waals surface area contributed by atoms with Crippen LogP contribution in [-0.2, 0) is 19.0 Å². The molecule has 0 aliphatic carbocycles. The number of alkyl carbamates (subject to hydrolysis) is 1. The van der Waals surface area contributed by atoms with E-state index in [4.69, 9.17) is 14.2 Å². The Kier molecular flexibility index (Phi) is 7.70. The second-order valence-corrected chi connectivity index (χ2v) is 8.31. The van der Waals surface area contributed by atoms with Crippen LogP contribution >= 0.6 is 0 Å². The quantitative estimate of drug-likeness (QED) is 0.776. The van der Waals surface area contributed by atoms with E-state index in [2.05, 4.69) is 12.2 Å². The number of rotatable bonds is 6. The molecule has 3 atom stereocenters. The normalized spacial score (nSPS) is 26.6. The second-order valence-electron chi connectivity index (χ2n) is 8.31. The van der Waals surface area contributed by atoms with Gasteiger partial charge in [0.15, 0.2) is 0 Å². The Labute approximate surface area is 156 Å². The lowest BCUT2D eigenvalue weighted by Gasteiger charge is -2.40. The summed E-state index contributed by atoms with van der Waals surface area (Å²) in [5.74, 6) is 0.298. The molecule has 7 nitrogen and oxygen atoms in total. The van der Waals surface area contributed by atoms with E-state index >= 15 is 0 Å². The number of hydrogen-bond donors (Lipinski definition) is 1. The van der Waals surface area contributed by atoms with Gasteiger partial charge in [0.2, 0.25) is 5.91 Å². The highest BCUT2D eigenvalue weighted by Gasteiger charge is 2.32. The third-order valence-corrected chi connectivity index (χ3v) is 4.84. The molecule has 0 aromatic heterocycles. The van der Waals surface area contributed by atoms with Crippen molar-refractivity contribution in [1.82, 2.24) is 10.2 Å². The predicted molar refractivity (Wildman–Crippen MR) is 97.9 cm³/mol. The molecular weight excluding hydrogens is 336 g/mol. The first-order chi connectivity index (χ1) is 12.3. The Hall–Kier alpha value is -1.34. The van der Waals surface area contributed by atoms with Crippen LogP contribution in [0.3, 0.4) is 0 Å². The van der Waals surface area contributed by atoms with E-state index in [1.807, 2.05) is 25.7 Å². The van der Waals surface area contributed by atoms with E-state index in [1.165, 1.54) is 0 Å². The highest BCUT2D eigenvalue weighted by Crippen LogP contribution is 2.23. The number of amides is 2. The van der Waals surface area contributed by atoms with Crippen LogP contribution in [0.5, 0.6) is 0 Å². The van der Waals surface area contributed by atoms with Crippen LogP contribution in [0.2, 0.25) is 0 Å². The maximum Gasteiger partial charge on any atom is 0.407 e. The molecule has 1 N–H and O–H groups in total. The number of nitrogens with zero attached hydrogens (tertiary/aromatic N) is 1. The summed E-state index contributed by atoms with van der Waals surface area (Å²) >= 11 is 0. The Balaban J connectivity index is 1.81. The Morgan fingerprint density at radius 3 is 2.65 bits per heavy atom. The molecule has 3 unspecified atom stereocenters. The lowest BCUT2D eigenvalue weighted by atomic mass is 9.90. The molecule has 2 saturated heterocycles. The molecule has 2 amide bonds. The largest absolute Gasteiger partial charge is 0.444 e. The highest BCUT2D eigenvalue weighted by atomic mass is 16.6. The van der Waals surface area contributed by atoms with Crippen LogP contribution < -0.4 is 5.32 Å². The maximum absolute atomic E-state index is 12.6. The molecule has 0 aromatic rings. The van der Waals surface area contributed by atoms with Crippen molar-refractivity contribution in [1.29, 1.82) is 0 Å². The standard InChI is InChI=1S/C19H34N2O5/c1-14-7-5-9-21(16(14)11-20-18(23)26-19(2,3)4)17(22)13-24-12-15-8-6-10-25-15/h14-16H,5-13H2,1-4H3,(H,20,23). The van der Waals surface area contributed by atoms with Gasteiger partial charge in [0.25, 0.3) is 0 Å². The van der Waals surface area contributed by atoms with Crippen LogP contribution in [0, 0.1) is 5.92 Å². The number of ether oxygens (including phenoxy) is 3. The molecular formula is C19H34N2O5. The summed E-state index contributed by atoms with van der Waals surface area (Å²) < 4.78 is 16.4. The second kappa shape index (κ2) is 9.55. The van der Waals surface area contributed by atoms with Crippen molar-refractivity contribution >= 4 is 12.0 Å². The van der Waals surface area contributed by atoms with Crippen molar-refractivity contribution in [2.45, 2.75) is 71.1 Å². The van der Waals surface area contributed by atoms with E-state index in [-0.39, 0.29) is 24.7 Å². The van der Waals surface area contributed by atoms with E-state index in [9.17, 15) is 9.59 Å². The fourth-order valence-corrected chi connectivity index (χ4v) is 3.51. The summed E-state index contributed by atoms with van der Waals surface area (Å²) in [4.78, 5) is 26.4. The van der Waals surface area contributed by atoms with Crippen molar-refractivity contribution in [3.05, 3.63) is 0 Å². The van der Waals surface area contributed by atoms with Crippen LogP contribution in [0.15, 0.2) is 0 Å². The lowest BCUT2D eigenvalue weighted by molar-refractivity contribution is -0.142. The van der Waals surface area contributed by atoms with Crippen molar-refractivity contribution < 1.29 is 23.8 Å². The minimum Gasteiger partial charge on any atom is -0.444 e. The predicted octanol–water partition coefficient (Wildman–Crippen LogP) is 2.33. The van der Waals surface area contributed by atoms with Crippen LogP contribution in [0.4, 0.5) is 4.79 Å². The fraction of sp³-hybridized carbons (Fsp3) is 0.895. The molecule has 0 aromatic carbocycles. The molecule has 0 spiro atoms. The molecule has 2 rings (SSSR count). The van der Waals surface area contributed by atoms with Crippen molar-refractivity contribution in [2.75, 3.05) is 32.9 Å². The molecule has 150 valence electrons. The minimum absolute atomic E-state index is 0.0227. The minimum atomic E-state index is -0.534. The van der Waals surface area contributed by atoms with Gasteiger partial charge in [-0.2, -0.15) is 0 Å². The number of nitrogens with one attached hydrogen (secondary N) is 1. The van der Waals surface area contributed by atoms with Crippen LogP contribution in [-0.4, -0.2) is 67.6 Å². The van der Waals surface area contributed by atoms with Gasteiger partial charge in [-0.15, -0.1) is 0 Å². The number of hydrogen-bond acceptors (Lipinski definition) is 5. The van der Waals surface area contributed by atoms with Crippen molar-refractivity contribution in [3.8, 4) is 0 Å². The molecule has 26 heavy (non-hydrogen) atoms. The summed E-state index contributed by atoms with van der Waals surface area (Å²) in [6.07, 6.45) is 3.74. The average molecular weight is 370 g/mol. The first-order valence-electron chi connectivity index (χ1n) is 9.72. The molecule has 2 aliphatic rings. The first kappa shape index (κ1) is 21.0. The molecule has 2 aliphatic heterocycles. The molecule has 2 heterocycles. The SMILES string of the molecule is CC1CCCN(C(=O)COCC2CCCO2)C1CNC(=O)OC(C)(C)C. The number of likely N-dealkylation sites (tertiary alicyclic amines) is 1. The van der Waals surface area contributed by atoms with Gasteiger partial charge in [-0.1, -0.05) is 6.92 Å². The summed E-state index contributed by atoms with van der Waals surface area (Å²) in [7, 11) is 0. The molecule has 0 saturated carbocycles. The topological polar surface area (TPSA) is 77.1 Å². The monoisotopic (exact) mass is 370 g/mol. The van der Waals surface area contributed by atoms with Crippen molar-refractivity contribution in [2.24, 2.45) is 5.92 Å². The van der Waals surface area contributed by atoms with Gasteiger partial charge in [0.05, 0.1) is 18.8 Å². The highest BCUT2D eigenvalue weighted by molar-refractivity contribution is 5.78. The summed E-state index contributed by atoms with van der Waals surface area (Å²) in [6.45, 7) is 10.0. The summed E-state index contributed by atoms with van der Waals surface area (Å²) in [6, 6.07) is -0.0323. The van der Waals surface area contributed by atoms with Gasteiger partial charge in [-0.3, -0.25) is 4.79 Å². The lowest BCUT2D eigenvalue weighted by Crippen LogP contribution is -2.54. The number of carbonyl (C=O) groups is 2. The number of carbonyl (C=O) groups excluding carboxylic acids is 2. The van der Waals surface area contributed by atoms with E-state index < -0.39 is 11.7 Å². The Bertz CT molecular complexity index is 471. The molecule has 0 radical (unpaired) electrons. The van der Waals surface area contributed by atoms with Gasteiger partial charge in [0.1, 0.15) is 12.2 Å². The van der Waals surface area contributed by atoms with Crippen molar-refractivity contribution in [3.63, 3.8) is 0 Å². The van der Waals surface area contributed by atoms with E-state index in [1.54, 1.807) is 0 Å². The van der Waals surface area contributed by atoms with E-state index in [0.29, 0.717) is 25.6 Å². The third-order valence-electron chi connectivity index (χ3n) is 4.84. The van der Waals surface area contributed by atoms with Gasteiger partial charge in [-0.25, -0.2) is 4.79 Å². The first-order valence-corrected chi connectivity index (χ1v) is 9.72. The fourth-order valence-electron chi connectivity index (χ4n) is 3.51. The zero-order valence-electron chi connectivity index (χ0n) is 16.6. The summed E-state index contributed by atoms with van der Waals surface area (Å²) in [5.41, 5.74) is -0.534. The Morgan fingerprint density at radius 1 is 1.23 bits per heavy atom. The summed E-state index contributed by atoms with van der Waals surface area (Å²) in [5, 5.41) is 2.81. The van der Waals surface area contributed by atoms with Gasteiger partial charge >= 0.3 is 6.09 Å². The molecule has 2 fully saturated rings. The maximum atomic E-state index is 12.6. The molecule has 0 bridgehead atoms. The van der Waals surface area contributed by atoms with Crippen LogP contribution in [0.25, 0.3) is 0 Å². The molecule has 7 heteroatoms. The van der Waals surface area contributed by atoms with Gasteiger partial charge in [-0.05, 0) is 52.4 Å². The zero-order chi connectivity index (χ0) is 19.2. The van der Waals surface area contributed by atoms with Gasteiger partial charge in [0, 0.05) is 19.7 Å². The van der Waals surface area contributed by atoms with E-state index in [0.717, 1.165) is 32.3 Å².